The van der Waals surface area contributed by atoms with E-state index >= 15 is 0 Å². The van der Waals surface area contributed by atoms with Crippen molar-refractivity contribution in [2.75, 3.05) is 0 Å². The van der Waals surface area contributed by atoms with Gasteiger partial charge in [0.05, 0.1) is 8.07 Å². The van der Waals surface area contributed by atoms with Gasteiger partial charge in [0, 0.05) is 0 Å². The lowest BCUT2D eigenvalue weighted by Crippen LogP contribution is -2.46. The molecule has 1 atom stereocenters. The van der Waals surface area contributed by atoms with E-state index in [0.717, 1.165) is 16.7 Å². The van der Waals surface area contributed by atoms with Gasteiger partial charge in [0.2, 0.25) is 0 Å². The lowest BCUT2D eigenvalue weighted by atomic mass is 9.68. The number of carbonyl (C=O) groups excluding carboxylic acids is 1. The first-order valence-electron chi connectivity index (χ1n) is 10.2. The lowest BCUT2D eigenvalue weighted by Gasteiger charge is -2.40. The van der Waals surface area contributed by atoms with Gasteiger partial charge in [0.15, 0.2) is 5.78 Å². The molecule has 0 fully saturated rings. The number of hydrogen-bond acceptors (Lipinski definition) is 1. The molecule has 0 N–H and O–H groups in total. The monoisotopic (exact) mass is 392 g/mol. The van der Waals surface area contributed by atoms with E-state index in [1.165, 1.54) is 21.9 Å². The second-order valence-corrected chi connectivity index (χ2v) is 13.9. The maximum absolute atomic E-state index is 13.9. The van der Waals surface area contributed by atoms with Gasteiger partial charge >= 0.3 is 0 Å². The van der Waals surface area contributed by atoms with Crippen molar-refractivity contribution in [2.45, 2.75) is 25.1 Å². The number of rotatable bonds is 2. The molecule has 2 aliphatic carbocycles. The van der Waals surface area contributed by atoms with Crippen molar-refractivity contribution in [3.8, 4) is 0 Å². The number of fused-ring (bicyclic) bond motifs is 4. The topological polar surface area (TPSA) is 17.1 Å². The average Bonchev–Trinajstić information content (AvgIpc) is 3.04. The van der Waals surface area contributed by atoms with Crippen molar-refractivity contribution >= 4 is 25.5 Å². The van der Waals surface area contributed by atoms with Gasteiger partial charge in [-0.2, -0.15) is 0 Å². The molecule has 0 saturated heterocycles. The summed E-state index contributed by atoms with van der Waals surface area (Å²) in [7, 11) is -1.91. The van der Waals surface area contributed by atoms with Crippen LogP contribution in [0.3, 0.4) is 0 Å². The Morgan fingerprint density at radius 2 is 1.31 bits per heavy atom. The van der Waals surface area contributed by atoms with Gasteiger partial charge in [0.1, 0.15) is 5.41 Å². The maximum Gasteiger partial charge on any atom is 0.174 e. The Morgan fingerprint density at radius 1 is 0.690 bits per heavy atom. The van der Waals surface area contributed by atoms with E-state index < -0.39 is 13.5 Å². The summed E-state index contributed by atoms with van der Waals surface area (Å²) >= 11 is 0. The molecule has 0 saturated carbocycles. The number of hydrogen-bond donors (Lipinski definition) is 0. The summed E-state index contributed by atoms with van der Waals surface area (Å²) in [5.74, 6) is 0.187. The van der Waals surface area contributed by atoms with Crippen LogP contribution in [0.2, 0.25) is 19.6 Å². The Labute approximate surface area is 173 Å². The molecule has 1 unspecified atom stereocenters. The average molecular weight is 393 g/mol. The van der Waals surface area contributed by atoms with Crippen LogP contribution in [0.4, 0.5) is 0 Å². The molecule has 0 radical (unpaired) electrons. The zero-order valence-corrected chi connectivity index (χ0v) is 18.1. The van der Waals surface area contributed by atoms with Gasteiger partial charge in [-0.1, -0.05) is 110 Å². The highest BCUT2D eigenvalue weighted by molar-refractivity contribution is 6.85. The molecule has 3 aromatic rings. The number of carbonyl (C=O) groups is 1. The highest BCUT2D eigenvalue weighted by Crippen LogP contribution is 2.57. The zero-order chi connectivity index (χ0) is 20.2. The standard InChI is InChI=1S/C27H24OSi/c1-29(2,3)26-25(20-12-5-4-6-13-20)21-14-8-10-16-23(21)27(26)22-15-9-7-11-19(22)17-18-24(27)28/h4-18H,1-3H3. The highest BCUT2D eigenvalue weighted by atomic mass is 28.3. The van der Waals surface area contributed by atoms with Crippen LogP contribution in [-0.4, -0.2) is 13.9 Å². The van der Waals surface area contributed by atoms with Crippen molar-refractivity contribution in [1.82, 2.24) is 0 Å². The van der Waals surface area contributed by atoms with Crippen LogP contribution in [0, 0.1) is 0 Å². The largest absolute Gasteiger partial charge is 0.293 e. The minimum atomic E-state index is -1.91. The molecule has 0 bridgehead atoms. The van der Waals surface area contributed by atoms with Crippen molar-refractivity contribution < 1.29 is 4.79 Å². The Morgan fingerprint density at radius 3 is 2.03 bits per heavy atom. The molecule has 5 rings (SSSR count). The molecular formula is C27H24OSi. The van der Waals surface area contributed by atoms with Crippen LogP contribution in [-0.2, 0) is 10.2 Å². The fraction of sp³-hybridized carbons (Fsp3) is 0.148. The Hall–Kier alpha value is -2.97. The Kier molecular flexibility index (Phi) is 3.91. The van der Waals surface area contributed by atoms with Crippen LogP contribution in [0.15, 0.2) is 90.1 Å². The fourth-order valence-corrected chi connectivity index (χ4v) is 7.82. The molecule has 142 valence electrons. The lowest BCUT2D eigenvalue weighted by molar-refractivity contribution is -0.117. The van der Waals surface area contributed by atoms with Gasteiger partial charge < -0.3 is 0 Å². The van der Waals surface area contributed by atoms with E-state index in [9.17, 15) is 4.79 Å². The smallest absolute Gasteiger partial charge is 0.174 e. The van der Waals surface area contributed by atoms with E-state index in [1.807, 2.05) is 6.08 Å². The van der Waals surface area contributed by atoms with E-state index in [-0.39, 0.29) is 5.78 Å². The third kappa shape index (κ3) is 2.42. The third-order valence-corrected chi connectivity index (χ3v) is 8.31. The molecule has 0 aromatic heterocycles. The summed E-state index contributed by atoms with van der Waals surface area (Å²) in [5.41, 5.74) is 6.37. The van der Waals surface area contributed by atoms with E-state index in [2.05, 4.69) is 98.5 Å². The van der Waals surface area contributed by atoms with Crippen molar-refractivity contribution in [3.63, 3.8) is 0 Å². The quantitative estimate of drug-likeness (QED) is 0.470. The third-order valence-electron chi connectivity index (χ3n) is 6.19. The van der Waals surface area contributed by atoms with Crippen LogP contribution in [0.1, 0.15) is 27.8 Å². The molecule has 1 spiro atoms. The van der Waals surface area contributed by atoms with Crippen LogP contribution in [0.5, 0.6) is 0 Å². The summed E-state index contributed by atoms with van der Waals surface area (Å²) in [6, 6.07) is 27.5. The summed E-state index contributed by atoms with van der Waals surface area (Å²) in [6.45, 7) is 7.10. The predicted octanol–water partition coefficient (Wildman–Crippen LogP) is 6.26. The normalized spacial score (nSPS) is 20.2. The first-order valence-corrected chi connectivity index (χ1v) is 13.7. The summed E-state index contributed by atoms with van der Waals surface area (Å²) in [6.07, 6.45) is 3.78. The van der Waals surface area contributed by atoms with E-state index in [4.69, 9.17) is 0 Å². The second-order valence-electron chi connectivity index (χ2n) is 8.95. The van der Waals surface area contributed by atoms with Crippen LogP contribution in [0.25, 0.3) is 11.6 Å². The number of benzene rings is 3. The summed E-state index contributed by atoms with van der Waals surface area (Å²) < 4.78 is 0. The number of ketones is 1. The van der Waals surface area contributed by atoms with Gasteiger partial charge in [-0.3, -0.25) is 4.79 Å². The molecular weight excluding hydrogens is 368 g/mol. The summed E-state index contributed by atoms with van der Waals surface area (Å²) in [5, 5.41) is 1.33. The molecule has 0 amide bonds. The Balaban J connectivity index is 2.00. The SMILES string of the molecule is C[Si](C)(C)C1=C(c2ccccc2)c2ccccc2C12C(=O)C=Cc1ccccc12. The predicted molar refractivity (Wildman–Crippen MR) is 124 cm³/mol. The first kappa shape index (κ1) is 18.1. The van der Waals surface area contributed by atoms with Crippen molar-refractivity contribution in [3.05, 3.63) is 118 Å². The first-order chi connectivity index (χ1) is 14.0. The van der Waals surface area contributed by atoms with Gasteiger partial charge in [-0.25, -0.2) is 0 Å². The Bertz CT molecular complexity index is 1190. The van der Waals surface area contributed by atoms with Crippen molar-refractivity contribution in [1.29, 1.82) is 0 Å². The van der Waals surface area contributed by atoms with Crippen molar-refractivity contribution in [2.24, 2.45) is 0 Å². The van der Waals surface area contributed by atoms with Crippen LogP contribution >= 0.6 is 0 Å². The highest BCUT2D eigenvalue weighted by Gasteiger charge is 2.55. The van der Waals surface area contributed by atoms with E-state index in [0.29, 0.717) is 0 Å². The molecule has 0 heterocycles. The molecule has 2 aliphatic rings. The molecule has 3 aromatic carbocycles. The molecule has 2 heteroatoms. The maximum atomic E-state index is 13.9. The van der Waals surface area contributed by atoms with Crippen LogP contribution < -0.4 is 0 Å². The minimum absolute atomic E-state index is 0.187. The fourth-order valence-electron chi connectivity index (χ4n) is 5.27. The van der Waals surface area contributed by atoms with Gasteiger partial charge in [-0.15, -0.1) is 0 Å². The molecule has 29 heavy (non-hydrogen) atoms. The van der Waals surface area contributed by atoms with Gasteiger partial charge in [-0.05, 0) is 39.5 Å². The minimum Gasteiger partial charge on any atom is -0.293 e. The van der Waals surface area contributed by atoms with Gasteiger partial charge in [0.25, 0.3) is 0 Å². The number of allylic oxidation sites excluding steroid dienone is 2. The second kappa shape index (κ2) is 6.26. The van der Waals surface area contributed by atoms with E-state index in [1.54, 1.807) is 6.08 Å². The molecule has 0 aliphatic heterocycles. The summed E-state index contributed by atoms with van der Waals surface area (Å²) in [4.78, 5) is 13.9. The molecule has 1 nitrogen and oxygen atoms in total. The zero-order valence-electron chi connectivity index (χ0n) is 17.1.